The molecule has 2 saturated carbocycles. The first kappa shape index (κ1) is 29.3. The highest BCUT2D eigenvalue weighted by atomic mass is 15.2. The van der Waals surface area contributed by atoms with Gasteiger partial charge in [-0.25, -0.2) is 0 Å². The first-order chi connectivity index (χ1) is 23.2. The lowest BCUT2D eigenvalue weighted by Gasteiger charge is -2.30. The number of anilines is 2. The molecule has 2 fully saturated rings. The average Bonchev–Trinajstić information content (AvgIpc) is 4.03. The molecule has 0 aliphatic heterocycles. The predicted octanol–water partition coefficient (Wildman–Crippen LogP) is 10.7. The van der Waals surface area contributed by atoms with Gasteiger partial charge in [-0.2, -0.15) is 0 Å². The minimum atomic E-state index is 0.182. The van der Waals surface area contributed by atoms with Gasteiger partial charge in [0.05, 0.1) is 5.54 Å². The van der Waals surface area contributed by atoms with E-state index in [2.05, 4.69) is 187 Å². The molecular weight excluding hydrogens is 569 g/mol. The number of fused-ring (bicyclic) bond motifs is 2. The van der Waals surface area contributed by atoms with Crippen LogP contribution < -0.4 is 9.80 Å². The summed E-state index contributed by atoms with van der Waals surface area (Å²) in [6, 6.07) is 26.8. The summed E-state index contributed by atoms with van der Waals surface area (Å²) in [5.74, 6) is 1.99. The number of rotatable bonds is 10. The highest BCUT2D eigenvalue weighted by molar-refractivity contribution is 5.72. The Morgan fingerprint density at radius 2 is 1.45 bits per heavy atom. The van der Waals surface area contributed by atoms with E-state index in [1.54, 1.807) is 0 Å². The van der Waals surface area contributed by atoms with Gasteiger partial charge in [-0.15, -0.1) is 0 Å². The molecule has 0 bridgehead atoms. The van der Waals surface area contributed by atoms with Gasteiger partial charge in [-0.05, 0) is 96.3 Å². The SMILES string of the molecule is CN(c1ccc(/C=C/c2ccc(/C=C/Cc3ccc(N(C4=CC=CCC=C4)C4=CC=CC5CC45)cc3)cc2)cc1)C12C=CC=CC1C2. The van der Waals surface area contributed by atoms with E-state index in [0.29, 0.717) is 17.8 Å². The van der Waals surface area contributed by atoms with Gasteiger partial charge >= 0.3 is 0 Å². The maximum atomic E-state index is 2.46. The fraction of sp³-hybridized carbons (Fsp3) is 0.200. The molecule has 5 aliphatic carbocycles. The molecule has 0 N–H and O–H groups in total. The predicted molar refractivity (Wildman–Crippen MR) is 201 cm³/mol. The summed E-state index contributed by atoms with van der Waals surface area (Å²) < 4.78 is 0. The number of hydrogen-bond donors (Lipinski definition) is 0. The van der Waals surface area contributed by atoms with Crippen LogP contribution in [0.1, 0.15) is 41.5 Å². The van der Waals surface area contributed by atoms with Gasteiger partial charge < -0.3 is 9.80 Å². The molecule has 4 atom stereocenters. The fourth-order valence-electron chi connectivity index (χ4n) is 7.30. The molecule has 2 heteroatoms. The molecule has 0 spiro atoms. The van der Waals surface area contributed by atoms with Crippen LogP contribution in [0.4, 0.5) is 11.4 Å². The van der Waals surface area contributed by atoms with Crippen LogP contribution in [0.5, 0.6) is 0 Å². The Morgan fingerprint density at radius 3 is 2.21 bits per heavy atom. The Morgan fingerprint density at radius 1 is 0.723 bits per heavy atom. The van der Waals surface area contributed by atoms with Gasteiger partial charge in [0.1, 0.15) is 0 Å². The van der Waals surface area contributed by atoms with Crippen LogP contribution in [0.15, 0.2) is 163 Å². The zero-order chi connectivity index (χ0) is 31.6. The molecule has 0 radical (unpaired) electrons. The summed E-state index contributed by atoms with van der Waals surface area (Å²) in [6.07, 6.45) is 40.4. The van der Waals surface area contributed by atoms with E-state index in [9.17, 15) is 0 Å². The van der Waals surface area contributed by atoms with Crippen molar-refractivity contribution in [3.8, 4) is 0 Å². The van der Waals surface area contributed by atoms with E-state index in [4.69, 9.17) is 0 Å². The van der Waals surface area contributed by atoms with Gasteiger partial charge in [0.2, 0.25) is 0 Å². The molecule has 4 unspecified atom stereocenters. The lowest BCUT2D eigenvalue weighted by atomic mass is 10.0. The Bertz CT molecular complexity index is 1890. The van der Waals surface area contributed by atoms with Crippen molar-refractivity contribution in [2.45, 2.75) is 31.2 Å². The third-order valence-electron chi connectivity index (χ3n) is 10.4. The molecule has 0 saturated heterocycles. The fourth-order valence-corrected chi connectivity index (χ4v) is 7.30. The van der Waals surface area contributed by atoms with Gasteiger partial charge in [0.15, 0.2) is 0 Å². The second kappa shape index (κ2) is 12.6. The van der Waals surface area contributed by atoms with Crippen LogP contribution in [0.2, 0.25) is 0 Å². The van der Waals surface area contributed by atoms with Gasteiger partial charge in [-0.3, -0.25) is 0 Å². The van der Waals surface area contributed by atoms with Gasteiger partial charge in [0, 0.05) is 41.7 Å². The van der Waals surface area contributed by atoms with Crippen molar-refractivity contribution in [3.63, 3.8) is 0 Å². The van der Waals surface area contributed by atoms with E-state index >= 15 is 0 Å². The second-order valence-corrected chi connectivity index (χ2v) is 13.4. The molecule has 3 aromatic rings. The van der Waals surface area contributed by atoms with E-state index in [1.807, 2.05) is 0 Å². The van der Waals surface area contributed by atoms with Crippen molar-refractivity contribution in [3.05, 3.63) is 185 Å². The smallest absolute Gasteiger partial charge is 0.0654 e. The van der Waals surface area contributed by atoms with Crippen LogP contribution in [-0.4, -0.2) is 12.6 Å². The van der Waals surface area contributed by atoms with E-state index in [-0.39, 0.29) is 5.54 Å². The molecule has 3 aromatic carbocycles. The first-order valence-corrected chi connectivity index (χ1v) is 17.1. The van der Waals surface area contributed by atoms with Crippen LogP contribution in [0.25, 0.3) is 18.2 Å². The van der Waals surface area contributed by atoms with Crippen molar-refractivity contribution in [1.29, 1.82) is 0 Å². The summed E-state index contributed by atoms with van der Waals surface area (Å²) >= 11 is 0. The van der Waals surface area contributed by atoms with Crippen molar-refractivity contribution in [1.82, 2.24) is 0 Å². The van der Waals surface area contributed by atoms with E-state index in [1.165, 1.54) is 57.9 Å². The lowest BCUT2D eigenvalue weighted by molar-refractivity contribution is 0.720. The third-order valence-corrected chi connectivity index (χ3v) is 10.4. The van der Waals surface area contributed by atoms with E-state index < -0.39 is 0 Å². The Kier molecular flexibility index (Phi) is 7.87. The van der Waals surface area contributed by atoms with Crippen molar-refractivity contribution in [2.75, 3.05) is 16.8 Å². The lowest BCUT2D eigenvalue weighted by Crippen LogP contribution is -2.34. The summed E-state index contributed by atoms with van der Waals surface area (Å²) in [5.41, 5.74) is 10.3. The van der Waals surface area contributed by atoms with E-state index in [0.717, 1.165) is 12.8 Å². The number of allylic oxidation sites excluding steroid dienone is 12. The van der Waals surface area contributed by atoms with Crippen molar-refractivity contribution in [2.24, 2.45) is 17.8 Å². The number of likely N-dealkylation sites (N-methyl/N-ethyl adjacent to an activating group) is 1. The summed E-state index contributed by atoms with van der Waals surface area (Å²) in [7, 11) is 2.22. The topological polar surface area (TPSA) is 6.48 Å². The summed E-state index contributed by atoms with van der Waals surface area (Å²) in [6.45, 7) is 0. The molecule has 5 aliphatic rings. The van der Waals surface area contributed by atoms with Gasteiger partial charge in [0.25, 0.3) is 0 Å². The standard InChI is InChI=1S/C45H42N2/c1-46(45-31-7-6-13-39(45)33-45)40-27-23-37(24-28-40)22-21-36-19-17-34(18-20-36)10-8-11-35-25-29-42(30-26-35)47(41-14-4-2-3-5-15-41)44-16-9-12-38-32-43(38)44/h2,4-10,12-31,38-39,43H,3,11,32-33H2,1H3/b10-8+,22-21+. The minimum absolute atomic E-state index is 0.182. The van der Waals surface area contributed by atoms with Crippen molar-refractivity contribution < 1.29 is 0 Å². The molecular formula is C45H42N2. The molecule has 232 valence electrons. The maximum Gasteiger partial charge on any atom is 0.0654 e. The normalized spacial score (nSPS) is 24.9. The Labute approximate surface area is 280 Å². The molecule has 0 amide bonds. The second-order valence-electron chi connectivity index (χ2n) is 13.4. The Balaban J connectivity index is 0.878. The van der Waals surface area contributed by atoms with Crippen LogP contribution in [0, 0.1) is 17.8 Å². The molecule has 47 heavy (non-hydrogen) atoms. The highest BCUT2D eigenvalue weighted by Gasteiger charge is 2.54. The quantitative estimate of drug-likeness (QED) is 0.211. The van der Waals surface area contributed by atoms with Crippen LogP contribution >= 0.6 is 0 Å². The monoisotopic (exact) mass is 610 g/mol. The van der Waals surface area contributed by atoms with Crippen LogP contribution in [-0.2, 0) is 6.42 Å². The largest absolute Gasteiger partial charge is 0.365 e. The average molecular weight is 611 g/mol. The minimum Gasteiger partial charge on any atom is -0.365 e. The number of nitrogens with zero attached hydrogens (tertiary/aromatic N) is 2. The molecule has 0 heterocycles. The van der Waals surface area contributed by atoms with Gasteiger partial charge in [-0.1, -0.05) is 128 Å². The summed E-state index contributed by atoms with van der Waals surface area (Å²) in [5, 5.41) is 0. The molecule has 0 aromatic heterocycles. The molecule has 8 rings (SSSR count). The zero-order valence-electron chi connectivity index (χ0n) is 27.1. The molecule has 2 nitrogen and oxygen atoms in total. The number of hydrogen-bond acceptors (Lipinski definition) is 2. The third kappa shape index (κ3) is 6.21. The van der Waals surface area contributed by atoms with Crippen LogP contribution in [0.3, 0.4) is 0 Å². The first-order valence-electron chi connectivity index (χ1n) is 17.1. The summed E-state index contributed by atoms with van der Waals surface area (Å²) in [4.78, 5) is 4.89. The maximum absolute atomic E-state index is 2.46. The van der Waals surface area contributed by atoms with Crippen molar-refractivity contribution >= 4 is 29.6 Å². The number of benzene rings is 3. The zero-order valence-corrected chi connectivity index (χ0v) is 27.1. The highest BCUT2D eigenvalue weighted by Crippen LogP contribution is 2.53. The Hall–Kier alpha value is -5.08.